The highest BCUT2D eigenvalue weighted by Crippen LogP contribution is 2.09. The Labute approximate surface area is 84.2 Å². The summed E-state index contributed by atoms with van der Waals surface area (Å²) >= 11 is 5.59. The highest BCUT2D eigenvalue weighted by molar-refractivity contribution is 6.30. The number of hydrogen-bond acceptors (Lipinski definition) is 4. The Kier molecular flexibility index (Phi) is 3.44. The molecule has 2 amide bonds. The zero-order valence-corrected chi connectivity index (χ0v) is 7.62. The summed E-state index contributed by atoms with van der Waals surface area (Å²) in [4.78, 5) is 24.9. The molecule has 1 aromatic rings. The number of imide groups is 1. The normalized spacial score (nSPS) is 9.29. The lowest BCUT2D eigenvalue weighted by Gasteiger charge is -2.00. The number of benzene rings is 1. The van der Waals surface area contributed by atoms with Crippen LogP contribution in [0.3, 0.4) is 0 Å². The molecule has 0 aliphatic heterocycles. The molecular formula is C8H6ClNO4. The lowest BCUT2D eigenvalue weighted by Crippen LogP contribution is -2.30. The highest BCUT2D eigenvalue weighted by atomic mass is 35.5. The lowest BCUT2D eigenvalue weighted by atomic mass is 10.2. The third-order valence-electron chi connectivity index (χ3n) is 1.40. The van der Waals surface area contributed by atoms with E-state index in [1.54, 1.807) is 5.32 Å². The van der Waals surface area contributed by atoms with Gasteiger partial charge in [-0.25, -0.2) is 4.79 Å². The van der Waals surface area contributed by atoms with Crippen LogP contribution in [0.5, 0.6) is 0 Å². The summed E-state index contributed by atoms with van der Waals surface area (Å²) in [6.07, 6.45) is -1.23. The van der Waals surface area contributed by atoms with E-state index in [1.165, 1.54) is 24.3 Å². The highest BCUT2D eigenvalue weighted by Gasteiger charge is 2.10. The third-order valence-corrected chi connectivity index (χ3v) is 1.66. The minimum atomic E-state index is -1.23. The lowest BCUT2D eigenvalue weighted by molar-refractivity contribution is -0.176. The summed E-state index contributed by atoms with van der Waals surface area (Å²) < 4.78 is 0. The van der Waals surface area contributed by atoms with Crippen molar-refractivity contribution in [2.24, 2.45) is 0 Å². The Bertz CT molecular complexity index is 349. The molecule has 0 spiro atoms. The van der Waals surface area contributed by atoms with E-state index in [-0.39, 0.29) is 5.56 Å². The molecule has 0 atom stereocenters. The Morgan fingerprint density at radius 2 is 1.86 bits per heavy atom. The fourth-order valence-electron chi connectivity index (χ4n) is 0.789. The minimum Gasteiger partial charge on any atom is -0.278 e. The molecule has 0 aliphatic carbocycles. The molecule has 0 unspecified atom stereocenters. The summed E-state index contributed by atoms with van der Waals surface area (Å²) in [5.74, 6) is -0.680. The van der Waals surface area contributed by atoms with Crippen LogP contribution < -0.4 is 5.32 Å². The second kappa shape index (κ2) is 4.59. The van der Waals surface area contributed by atoms with Crippen molar-refractivity contribution < 1.29 is 19.7 Å². The second-order valence-electron chi connectivity index (χ2n) is 2.34. The average Bonchev–Trinajstić information content (AvgIpc) is 2.18. The fourth-order valence-corrected chi connectivity index (χ4v) is 0.915. The molecular weight excluding hydrogens is 210 g/mol. The maximum Gasteiger partial charge on any atom is 0.445 e. The molecule has 74 valence electrons. The summed E-state index contributed by atoms with van der Waals surface area (Å²) in [5.41, 5.74) is 0.236. The summed E-state index contributed by atoms with van der Waals surface area (Å²) in [7, 11) is 0. The van der Waals surface area contributed by atoms with Gasteiger partial charge < -0.3 is 0 Å². The zero-order chi connectivity index (χ0) is 10.6. The molecule has 1 rings (SSSR count). The Morgan fingerprint density at radius 3 is 2.36 bits per heavy atom. The summed E-state index contributed by atoms with van der Waals surface area (Å²) in [5, 5.41) is 10.1. The molecule has 0 heterocycles. The SMILES string of the molecule is O=C(NC(=O)c1ccc(Cl)cc1)OO. The van der Waals surface area contributed by atoms with Crippen molar-refractivity contribution >= 4 is 23.6 Å². The number of nitrogens with one attached hydrogen (secondary N) is 1. The predicted molar refractivity (Wildman–Crippen MR) is 48.0 cm³/mol. The molecule has 5 nitrogen and oxygen atoms in total. The summed E-state index contributed by atoms with van der Waals surface area (Å²) in [6.45, 7) is 0. The Morgan fingerprint density at radius 1 is 1.29 bits per heavy atom. The van der Waals surface area contributed by atoms with Gasteiger partial charge in [0.1, 0.15) is 0 Å². The zero-order valence-electron chi connectivity index (χ0n) is 6.86. The van der Waals surface area contributed by atoms with Crippen LogP contribution in [-0.4, -0.2) is 17.3 Å². The van der Waals surface area contributed by atoms with E-state index in [4.69, 9.17) is 16.9 Å². The molecule has 0 aliphatic rings. The first kappa shape index (κ1) is 10.5. The van der Waals surface area contributed by atoms with Gasteiger partial charge in [-0.1, -0.05) is 11.6 Å². The number of amides is 2. The predicted octanol–water partition coefficient (Wildman–Crippen LogP) is 1.68. The first-order valence-corrected chi connectivity index (χ1v) is 3.93. The standard InChI is InChI=1S/C8H6ClNO4/c9-6-3-1-5(2-4-6)7(11)10-8(12)14-13/h1-4,13H,(H,10,11,12). The van der Waals surface area contributed by atoms with Gasteiger partial charge in [0.2, 0.25) is 0 Å². The molecule has 0 bridgehead atoms. The van der Waals surface area contributed by atoms with Crippen LogP contribution in [0.1, 0.15) is 10.4 Å². The van der Waals surface area contributed by atoms with Crippen LogP contribution in [-0.2, 0) is 4.89 Å². The van der Waals surface area contributed by atoms with E-state index >= 15 is 0 Å². The number of hydrogen-bond donors (Lipinski definition) is 2. The van der Waals surface area contributed by atoms with Crippen LogP contribution in [0, 0.1) is 0 Å². The van der Waals surface area contributed by atoms with Gasteiger partial charge in [-0.3, -0.25) is 15.0 Å². The van der Waals surface area contributed by atoms with Crippen LogP contribution in [0.2, 0.25) is 5.02 Å². The van der Waals surface area contributed by atoms with Crippen LogP contribution in [0.15, 0.2) is 24.3 Å². The number of carbonyl (C=O) groups excluding carboxylic acids is 2. The van der Waals surface area contributed by atoms with Crippen molar-refractivity contribution in [3.63, 3.8) is 0 Å². The van der Waals surface area contributed by atoms with Gasteiger partial charge in [0.15, 0.2) is 0 Å². The largest absolute Gasteiger partial charge is 0.445 e. The van der Waals surface area contributed by atoms with E-state index in [9.17, 15) is 9.59 Å². The Balaban J connectivity index is 2.70. The van der Waals surface area contributed by atoms with Gasteiger partial charge in [0.05, 0.1) is 0 Å². The van der Waals surface area contributed by atoms with Crippen molar-refractivity contribution in [1.82, 2.24) is 5.32 Å². The first-order valence-electron chi connectivity index (χ1n) is 3.56. The van der Waals surface area contributed by atoms with Crippen molar-refractivity contribution in [2.45, 2.75) is 0 Å². The molecule has 14 heavy (non-hydrogen) atoms. The van der Waals surface area contributed by atoms with Crippen molar-refractivity contribution in [3.05, 3.63) is 34.9 Å². The summed E-state index contributed by atoms with van der Waals surface area (Å²) in [6, 6.07) is 5.87. The maximum absolute atomic E-state index is 11.2. The van der Waals surface area contributed by atoms with E-state index in [1.807, 2.05) is 0 Å². The van der Waals surface area contributed by atoms with Crippen LogP contribution in [0.25, 0.3) is 0 Å². The van der Waals surface area contributed by atoms with E-state index in [0.29, 0.717) is 5.02 Å². The maximum atomic E-state index is 11.2. The van der Waals surface area contributed by atoms with E-state index in [0.717, 1.165) is 0 Å². The Hall–Kier alpha value is -1.59. The molecule has 0 radical (unpaired) electrons. The van der Waals surface area contributed by atoms with Gasteiger partial charge in [-0.15, -0.1) is 0 Å². The first-order chi connectivity index (χ1) is 6.63. The molecule has 2 N–H and O–H groups in total. The molecule has 0 saturated heterocycles. The van der Waals surface area contributed by atoms with Gasteiger partial charge in [0, 0.05) is 10.6 Å². The van der Waals surface area contributed by atoms with Crippen LogP contribution >= 0.6 is 11.6 Å². The average molecular weight is 216 g/mol. The molecule has 0 aromatic heterocycles. The molecule has 0 fully saturated rings. The molecule has 1 aromatic carbocycles. The molecule has 0 saturated carbocycles. The quantitative estimate of drug-likeness (QED) is 0.552. The van der Waals surface area contributed by atoms with Crippen molar-refractivity contribution in [1.29, 1.82) is 0 Å². The van der Waals surface area contributed by atoms with Gasteiger partial charge in [-0.2, -0.15) is 5.26 Å². The number of carbonyl (C=O) groups is 2. The monoisotopic (exact) mass is 215 g/mol. The van der Waals surface area contributed by atoms with Crippen molar-refractivity contribution in [2.75, 3.05) is 0 Å². The van der Waals surface area contributed by atoms with Crippen LogP contribution in [0.4, 0.5) is 4.79 Å². The van der Waals surface area contributed by atoms with Gasteiger partial charge in [0.25, 0.3) is 5.91 Å². The molecule has 6 heteroatoms. The smallest absolute Gasteiger partial charge is 0.278 e. The number of rotatable bonds is 1. The fraction of sp³-hybridized carbons (Fsp3) is 0. The number of halogens is 1. The topological polar surface area (TPSA) is 75.6 Å². The van der Waals surface area contributed by atoms with E-state index < -0.39 is 12.0 Å². The minimum absolute atomic E-state index is 0.236. The van der Waals surface area contributed by atoms with Gasteiger partial charge >= 0.3 is 6.09 Å². The van der Waals surface area contributed by atoms with E-state index in [2.05, 4.69) is 4.89 Å². The van der Waals surface area contributed by atoms with Gasteiger partial charge in [-0.05, 0) is 24.3 Å². The second-order valence-corrected chi connectivity index (χ2v) is 2.78. The van der Waals surface area contributed by atoms with Crippen molar-refractivity contribution in [3.8, 4) is 0 Å². The third kappa shape index (κ3) is 2.72.